The molecule has 156 valence electrons. The van der Waals surface area contributed by atoms with Gasteiger partial charge in [0.25, 0.3) is 5.91 Å². The molecule has 0 N–H and O–H groups in total. The van der Waals surface area contributed by atoms with E-state index in [9.17, 15) is 9.59 Å². The molecule has 1 heterocycles. The first kappa shape index (κ1) is 21.0. The second kappa shape index (κ2) is 8.72. The third-order valence-electron chi connectivity index (χ3n) is 4.84. The Morgan fingerprint density at radius 1 is 0.931 bits per heavy atom. The van der Waals surface area contributed by atoms with Gasteiger partial charge in [-0.2, -0.15) is 0 Å². The van der Waals surface area contributed by atoms with Crippen LogP contribution in [-0.2, 0) is 9.53 Å². The van der Waals surface area contributed by atoms with E-state index in [0.29, 0.717) is 38.3 Å². The molecule has 0 bridgehead atoms. The minimum Gasteiger partial charge on any atom is -0.481 e. The summed E-state index contributed by atoms with van der Waals surface area (Å²) in [5.74, 6) is 0.610. The standard InChI is InChI=1S/C23H30N2O4/c1-17(28-20-11-10-18-8-5-6-9-19(18)16-20)21(26)24-12-7-13-25(15-14-24)22(27)29-23(2,3)4/h5-6,8-11,16-17H,7,12-15H2,1-4H3. The highest BCUT2D eigenvalue weighted by atomic mass is 16.6. The van der Waals surface area contributed by atoms with Gasteiger partial charge in [-0.3, -0.25) is 4.79 Å². The lowest BCUT2D eigenvalue weighted by atomic mass is 10.1. The van der Waals surface area contributed by atoms with Gasteiger partial charge in [0.05, 0.1) is 0 Å². The SMILES string of the molecule is CC(Oc1ccc2ccccc2c1)C(=O)N1CCCN(C(=O)OC(C)(C)C)CC1. The van der Waals surface area contributed by atoms with Crippen molar-refractivity contribution in [2.45, 2.75) is 45.8 Å². The number of fused-ring (bicyclic) bond motifs is 1. The van der Waals surface area contributed by atoms with Crippen molar-refractivity contribution in [2.75, 3.05) is 26.2 Å². The van der Waals surface area contributed by atoms with Crippen molar-refractivity contribution in [2.24, 2.45) is 0 Å². The van der Waals surface area contributed by atoms with Crippen molar-refractivity contribution in [3.8, 4) is 5.75 Å². The van der Waals surface area contributed by atoms with Crippen LogP contribution in [0.15, 0.2) is 42.5 Å². The Kier molecular flexibility index (Phi) is 6.30. The topological polar surface area (TPSA) is 59.1 Å². The van der Waals surface area contributed by atoms with Gasteiger partial charge in [0.1, 0.15) is 11.4 Å². The first-order chi connectivity index (χ1) is 13.7. The number of ether oxygens (including phenoxy) is 2. The molecule has 2 amide bonds. The fourth-order valence-electron chi connectivity index (χ4n) is 3.40. The third-order valence-corrected chi connectivity index (χ3v) is 4.84. The first-order valence-corrected chi connectivity index (χ1v) is 10.1. The highest BCUT2D eigenvalue weighted by molar-refractivity contribution is 5.84. The second-order valence-electron chi connectivity index (χ2n) is 8.42. The first-order valence-electron chi connectivity index (χ1n) is 10.1. The average Bonchev–Trinajstić information content (AvgIpc) is 2.92. The van der Waals surface area contributed by atoms with Gasteiger partial charge in [-0.15, -0.1) is 0 Å². The Morgan fingerprint density at radius 3 is 2.31 bits per heavy atom. The highest BCUT2D eigenvalue weighted by Crippen LogP contribution is 2.22. The van der Waals surface area contributed by atoms with Crippen LogP contribution in [0.3, 0.4) is 0 Å². The van der Waals surface area contributed by atoms with E-state index in [-0.39, 0.29) is 12.0 Å². The van der Waals surface area contributed by atoms with Gasteiger partial charge in [0.15, 0.2) is 6.10 Å². The molecule has 1 aliphatic heterocycles. The van der Waals surface area contributed by atoms with Crippen LogP contribution >= 0.6 is 0 Å². The zero-order chi connectivity index (χ0) is 21.0. The number of hydrogen-bond donors (Lipinski definition) is 0. The number of carbonyl (C=O) groups excluding carboxylic acids is 2. The molecule has 1 fully saturated rings. The van der Waals surface area contributed by atoms with Crippen molar-refractivity contribution in [3.05, 3.63) is 42.5 Å². The summed E-state index contributed by atoms with van der Waals surface area (Å²) in [6.07, 6.45) is -0.204. The number of hydrogen-bond acceptors (Lipinski definition) is 4. The molecule has 1 aliphatic rings. The van der Waals surface area contributed by atoms with Gasteiger partial charge in [-0.05, 0) is 57.0 Å². The maximum atomic E-state index is 12.9. The maximum Gasteiger partial charge on any atom is 0.410 e. The maximum absolute atomic E-state index is 12.9. The summed E-state index contributed by atoms with van der Waals surface area (Å²) in [6, 6.07) is 13.9. The van der Waals surface area contributed by atoms with Gasteiger partial charge in [-0.1, -0.05) is 30.3 Å². The van der Waals surface area contributed by atoms with Crippen LogP contribution in [0.5, 0.6) is 5.75 Å². The number of rotatable bonds is 3. The summed E-state index contributed by atoms with van der Waals surface area (Å²) in [6.45, 7) is 9.45. The number of carbonyl (C=O) groups is 2. The summed E-state index contributed by atoms with van der Waals surface area (Å²) in [5, 5.41) is 2.21. The lowest BCUT2D eigenvalue weighted by molar-refractivity contribution is -0.137. The van der Waals surface area contributed by atoms with Crippen LogP contribution < -0.4 is 4.74 Å². The molecular formula is C23H30N2O4. The Bertz CT molecular complexity index is 875. The fourth-order valence-corrected chi connectivity index (χ4v) is 3.40. The van der Waals surface area contributed by atoms with Gasteiger partial charge >= 0.3 is 6.09 Å². The van der Waals surface area contributed by atoms with Crippen LogP contribution in [0.4, 0.5) is 4.79 Å². The molecule has 3 rings (SSSR count). The second-order valence-corrected chi connectivity index (χ2v) is 8.42. The predicted molar refractivity (Wildman–Crippen MR) is 113 cm³/mol. The number of amides is 2. The summed E-state index contributed by atoms with van der Waals surface area (Å²) in [4.78, 5) is 28.6. The monoisotopic (exact) mass is 398 g/mol. The van der Waals surface area contributed by atoms with Crippen LogP contribution in [0, 0.1) is 0 Å². The summed E-state index contributed by atoms with van der Waals surface area (Å²) in [7, 11) is 0. The van der Waals surface area contributed by atoms with Crippen molar-refractivity contribution >= 4 is 22.8 Å². The molecule has 0 saturated carbocycles. The fraction of sp³-hybridized carbons (Fsp3) is 0.478. The van der Waals surface area contributed by atoms with Crippen LogP contribution in [0.2, 0.25) is 0 Å². The predicted octanol–water partition coefficient (Wildman–Crippen LogP) is 4.08. The molecule has 0 spiro atoms. The number of nitrogens with zero attached hydrogens (tertiary/aromatic N) is 2. The van der Waals surface area contributed by atoms with E-state index in [1.165, 1.54) is 0 Å². The average molecular weight is 399 g/mol. The molecule has 2 aromatic rings. The molecule has 0 aromatic heterocycles. The van der Waals surface area contributed by atoms with E-state index in [0.717, 1.165) is 10.8 Å². The quantitative estimate of drug-likeness (QED) is 0.782. The summed E-state index contributed by atoms with van der Waals surface area (Å²) in [5.41, 5.74) is -0.527. The van der Waals surface area contributed by atoms with Gasteiger partial charge in [0, 0.05) is 26.2 Å². The number of benzene rings is 2. The Labute approximate surface area is 172 Å². The molecule has 1 unspecified atom stereocenters. The van der Waals surface area contributed by atoms with Crippen molar-refractivity contribution in [3.63, 3.8) is 0 Å². The Hall–Kier alpha value is -2.76. The third kappa shape index (κ3) is 5.62. The largest absolute Gasteiger partial charge is 0.481 e. The van der Waals surface area contributed by atoms with Crippen LogP contribution in [-0.4, -0.2) is 59.7 Å². The molecule has 29 heavy (non-hydrogen) atoms. The molecule has 2 aromatic carbocycles. The normalized spacial score (nSPS) is 16.3. The van der Waals surface area contributed by atoms with E-state index in [4.69, 9.17) is 9.47 Å². The minimum absolute atomic E-state index is 0.0656. The van der Waals surface area contributed by atoms with Crippen molar-refractivity contribution in [1.29, 1.82) is 0 Å². The van der Waals surface area contributed by atoms with Crippen LogP contribution in [0.25, 0.3) is 10.8 Å². The van der Waals surface area contributed by atoms with Gasteiger partial charge < -0.3 is 19.3 Å². The molecule has 6 heteroatoms. The van der Waals surface area contributed by atoms with E-state index in [1.807, 2.05) is 63.2 Å². The van der Waals surface area contributed by atoms with Gasteiger partial charge in [-0.25, -0.2) is 4.79 Å². The Balaban J connectivity index is 1.58. The lowest BCUT2D eigenvalue weighted by Gasteiger charge is -2.27. The Morgan fingerprint density at radius 2 is 1.59 bits per heavy atom. The summed E-state index contributed by atoms with van der Waals surface area (Å²) < 4.78 is 11.4. The smallest absolute Gasteiger partial charge is 0.410 e. The lowest BCUT2D eigenvalue weighted by Crippen LogP contribution is -2.43. The molecule has 0 radical (unpaired) electrons. The molecular weight excluding hydrogens is 368 g/mol. The van der Waals surface area contributed by atoms with E-state index >= 15 is 0 Å². The van der Waals surface area contributed by atoms with E-state index in [1.54, 1.807) is 16.7 Å². The van der Waals surface area contributed by atoms with Crippen molar-refractivity contribution in [1.82, 2.24) is 9.80 Å². The minimum atomic E-state index is -0.593. The summed E-state index contributed by atoms with van der Waals surface area (Å²) >= 11 is 0. The molecule has 1 saturated heterocycles. The molecule has 0 aliphatic carbocycles. The van der Waals surface area contributed by atoms with Gasteiger partial charge in [0.2, 0.25) is 0 Å². The highest BCUT2D eigenvalue weighted by Gasteiger charge is 2.28. The molecule has 6 nitrogen and oxygen atoms in total. The van der Waals surface area contributed by atoms with Crippen molar-refractivity contribution < 1.29 is 19.1 Å². The van der Waals surface area contributed by atoms with Crippen LogP contribution in [0.1, 0.15) is 34.1 Å². The zero-order valence-electron chi connectivity index (χ0n) is 17.7. The molecule has 1 atom stereocenters. The zero-order valence-corrected chi connectivity index (χ0v) is 17.7. The van der Waals surface area contributed by atoms with E-state index in [2.05, 4.69) is 0 Å². The van der Waals surface area contributed by atoms with E-state index < -0.39 is 11.7 Å².